The number of amidine groups is 1. The van der Waals surface area contributed by atoms with Gasteiger partial charge in [0.25, 0.3) is 0 Å². The second-order valence-electron chi connectivity index (χ2n) is 5.79. The lowest BCUT2D eigenvalue weighted by Crippen LogP contribution is -2.40. The van der Waals surface area contributed by atoms with Gasteiger partial charge in [0.05, 0.1) is 29.2 Å². The normalized spacial score (nSPS) is 22.8. The molecule has 2 atom stereocenters. The fraction of sp³-hybridized carbons (Fsp3) is 0.389. The maximum Gasteiger partial charge on any atom is 0.338 e. The number of hydrogen-bond donors (Lipinski definition) is 0. The first-order chi connectivity index (χ1) is 12.0. The Hall–Kier alpha value is -2.15. The summed E-state index contributed by atoms with van der Waals surface area (Å²) in [6, 6.07) is 5.18. The number of amides is 1. The van der Waals surface area contributed by atoms with Crippen molar-refractivity contribution in [2.24, 2.45) is 4.99 Å². The number of halogens is 1. The highest BCUT2D eigenvalue weighted by molar-refractivity contribution is 8.15. The standard InChI is InChI=1S/C18H19FN2O3S/c1-4-13-16(22)21-15(11-6-8-12(19)9-7-11)14(17(23)24-5-2)10(3)20-18(21)25-13/h6-9,13,15H,4-5H2,1-3H3/t13-,15+/m1/s1. The van der Waals surface area contributed by atoms with Crippen LogP contribution in [-0.4, -0.2) is 33.8 Å². The van der Waals surface area contributed by atoms with Crippen LogP contribution in [0.1, 0.15) is 38.8 Å². The number of nitrogens with zero attached hydrogens (tertiary/aromatic N) is 2. The maximum absolute atomic E-state index is 13.4. The fourth-order valence-electron chi connectivity index (χ4n) is 3.02. The molecule has 0 bridgehead atoms. The molecule has 1 amide bonds. The van der Waals surface area contributed by atoms with E-state index >= 15 is 0 Å². The molecule has 1 aromatic rings. The highest BCUT2D eigenvalue weighted by Crippen LogP contribution is 2.43. The molecule has 5 nitrogen and oxygen atoms in total. The van der Waals surface area contributed by atoms with Crippen LogP contribution in [0.2, 0.25) is 0 Å². The smallest absolute Gasteiger partial charge is 0.338 e. The van der Waals surface area contributed by atoms with Gasteiger partial charge in [0, 0.05) is 0 Å². The monoisotopic (exact) mass is 362 g/mol. The minimum atomic E-state index is -0.649. The van der Waals surface area contributed by atoms with Crippen molar-refractivity contribution in [1.82, 2.24) is 4.90 Å². The zero-order valence-electron chi connectivity index (χ0n) is 14.3. The summed E-state index contributed by atoms with van der Waals surface area (Å²) < 4.78 is 18.5. The van der Waals surface area contributed by atoms with Crippen molar-refractivity contribution in [2.45, 2.75) is 38.5 Å². The Morgan fingerprint density at radius 3 is 2.60 bits per heavy atom. The third kappa shape index (κ3) is 3.08. The lowest BCUT2D eigenvalue weighted by atomic mass is 9.94. The minimum Gasteiger partial charge on any atom is -0.463 e. The van der Waals surface area contributed by atoms with Crippen LogP contribution >= 0.6 is 11.8 Å². The topological polar surface area (TPSA) is 59.0 Å². The van der Waals surface area contributed by atoms with Gasteiger partial charge in [-0.2, -0.15) is 0 Å². The van der Waals surface area contributed by atoms with Gasteiger partial charge in [0.2, 0.25) is 5.91 Å². The second kappa shape index (κ2) is 7.00. The van der Waals surface area contributed by atoms with E-state index in [1.807, 2.05) is 6.92 Å². The molecule has 1 aromatic carbocycles. The average molecular weight is 362 g/mol. The minimum absolute atomic E-state index is 0.0881. The third-order valence-corrected chi connectivity index (χ3v) is 5.52. The third-order valence-electron chi connectivity index (χ3n) is 4.20. The molecule has 1 saturated heterocycles. The lowest BCUT2D eigenvalue weighted by molar-refractivity contribution is -0.139. The van der Waals surface area contributed by atoms with Crippen LogP contribution < -0.4 is 0 Å². The van der Waals surface area contributed by atoms with Gasteiger partial charge in [0.15, 0.2) is 5.17 Å². The molecule has 0 radical (unpaired) electrons. The predicted octanol–water partition coefficient (Wildman–Crippen LogP) is 3.43. The zero-order chi connectivity index (χ0) is 18.1. The quantitative estimate of drug-likeness (QED) is 0.770. The molecule has 0 spiro atoms. The van der Waals surface area contributed by atoms with Crippen LogP contribution in [0.15, 0.2) is 40.5 Å². The Bertz CT molecular complexity index is 773. The van der Waals surface area contributed by atoms with E-state index in [2.05, 4.69) is 4.99 Å². The van der Waals surface area contributed by atoms with Gasteiger partial charge in [-0.1, -0.05) is 30.8 Å². The average Bonchev–Trinajstić information content (AvgIpc) is 2.90. The van der Waals surface area contributed by atoms with Gasteiger partial charge >= 0.3 is 5.97 Å². The first-order valence-electron chi connectivity index (χ1n) is 8.19. The molecule has 2 aliphatic heterocycles. The van der Waals surface area contributed by atoms with Crippen molar-refractivity contribution in [3.05, 3.63) is 46.9 Å². The number of ether oxygens (including phenoxy) is 1. The predicted molar refractivity (Wildman–Crippen MR) is 94.4 cm³/mol. The summed E-state index contributed by atoms with van der Waals surface area (Å²) in [7, 11) is 0. The van der Waals surface area contributed by atoms with Crippen molar-refractivity contribution < 1.29 is 18.7 Å². The van der Waals surface area contributed by atoms with Gasteiger partial charge in [0.1, 0.15) is 5.82 Å². The number of rotatable bonds is 4. The molecule has 7 heteroatoms. The summed E-state index contributed by atoms with van der Waals surface area (Å²) in [4.78, 5) is 31.4. The highest BCUT2D eigenvalue weighted by atomic mass is 32.2. The summed E-state index contributed by atoms with van der Waals surface area (Å²) in [5.74, 6) is -0.967. The molecule has 0 saturated carbocycles. The number of fused-ring (bicyclic) bond motifs is 1. The number of aliphatic imine (C=N–C) groups is 1. The number of esters is 1. The van der Waals surface area contributed by atoms with Crippen molar-refractivity contribution in [3.63, 3.8) is 0 Å². The molecular formula is C18H19FN2O3S. The number of hydrogen-bond acceptors (Lipinski definition) is 5. The molecule has 0 aliphatic carbocycles. The van der Waals surface area contributed by atoms with Crippen molar-refractivity contribution in [1.29, 1.82) is 0 Å². The van der Waals surface area contributed by atoms with E-state index in [0.717, 1.165) is 0 Å². The molecule has 1 fully saturated rings. The summed E-state index contributed by atoms with van der Waals surface area (Å²) in [5.41, 5.74) is 1.50. The van der Waals surface area contributed by atoms with Gasteiger partial charge in [-0.15, -0.1) is 0 Å². The van der Waals surface area contributed by atoms with E-state index in [4.69, 9.17) is 4.74 Å². The molecule has 2 heterocycles. The number of benzene rings is 1. The van der Waals surface area contributed by atoms with Gasteiger partial charge in [-0.05, 0) is 38.0 Å². The molecule has 0 unspecified atom stereocenters. The summed E-state index contributed by atoms with van der Waals surface area (Å²) in [5, 5.41) is 0.354. The van der Waals surface area contributed by atoms with Crippen LogP contribution in [0.4, 0.5) is 4.39 Å². The molecule has 132 valence electrons. The van der Waals surface area contributed by atoms with Gasteiger partial charge in [-0.25, -0.2) is 14.2 Å². The molecule has 0 aromatic heterocycles. The second-order valence-corrected chi connectivity index (χ2v) is 6.96. The van der Waals surface area contributed by atoms with Gasteiger partial charge < -0.3 is 4.74 Å². The number of thioether (sulfide) groups is 1. The Morgan fingerprint density at radius 1 is 1.32 bits per heavy atom. The first-order valence-corrected chi connectivity index (χ1v) is 9.07. The highest BCUT2D eigenvalue weighted by Gasteiger charge is 2.47. The van der Waals surface area contributed by atoms with Crippen LogP contribution in [-0.2, 0) is 14.3 Å². The SMILES string of the molecule is CCOC(=O)C1=C(C)N=C2S[C@H](CC)C(=O)N2[C@H]1c1ccc(F)cc1. The van der Waals surface area contributed by atoms with Crippen molar-refractivity contribution >= 4 is 28.8 Å². The molecular weight excluding hydrogens is 343 g/mol. The Morgan fingerprint density at radius 2 is 2.00 bits per heavy atom. The van der Waals surface area contributed by atoms with Crippen molar-refractivity contribution in [3.8, 4) is 0 Å². The van der Waals surface area contributed by atoms with E-state index < -0.39 is 12.0 Å². The largest absolute Gasteiger partial charge is 0.463 e. The van der Waals surface area contributed by atoms with Crippen molar-refractivity contribution in [2.75, 3.05) is 6.61 Å². The Balaban J connectivity index is 2.13. The molecule has 3 rings (SSSR count). The van der Waals surface area contributed by atoms with Crippen LogP contribution in [0.3, 0.4) is 0 Å². The molecule has 2 aliphatic rings. The summed E-state index contributed by atoms with van der Waals surface area (Å²) >= 11 is 1.40. The Kier molecular flexibility index (Phi) is 4.94. The number of carbonyl (C=O) groups is 2. The lowest BCUT2D eigenvalue weighted by Gasteiger charge is -2.33. The van der Waals surface area contributed by atoms with E-state index in [1.54, 1.807) is 30.9 Å². The summed E-state index contributed by atoms with van der Waals surface area (Å²) in [6.07, 6.45) is 0.670. The first kappa shape index (κ1) is 17.7. The van der Waals surface area contributed by atoms with Crippen LogP contribution in [0, 0.1) is 5.82 Å². The molecule has 0 N–H and O–H groups in total. The van der Waals surface area contributed by atoms with E-state index in [9.17, 15) is 14.0 Å². The van der Waals surface area contributed by atoms with E-state index in [0.29, 0.717) is 28.4 Å². The maximum atomic E-state index is 13.4. The Labute approximate surface area is 149 Å². The van der Waals surface area contributed by atoms with Crippen LogP contribution in [0.5, 0.6) is 0 Å². The molecule has 25 heavy (non-hydrogen) atoms. The number of allylic oxidation sites excluding steroid dienone is 1. The van der Waals surface area contributed by atoms with E-state index in [-0.39, 0.29) is 23.6 Å². The number of carbonyl (C=O) groups excluding carboxylic acids is 2. The fourth-order valence-corrected chi connectivity index (χ4v) is 4.15. The summed E-state index contributed by atoms with van der Waals surface area (Å²) in [6.45, 7) is 5.62. The zero-order valence-corrected chi connectivity index (χ0v) is 15.1. The van der Waals surface area contributed by atoms with Crippen LogP contribution in [0.25, 0.3) is 0 Å². The van der Waals surface area contributed by atoms with Gasteiger partial charge in [-0.3, -0.25) is 9.69 Å². The van der Waals surface area contributed by atoms with E-state index in [1.165, 1.54) is 23.9 Å².